The summed E-state index contributed by atoms with van der Waals surface area (Å²) in [5, 5.41) is 9.07. The largest absolute Gasteiger partial charge is 0.480 e. The number of rotatable bonds is 2. The van der Waals surface area contributed by atoms with Gasteiger partial charge >= 0.3 is 5.97 Å². The van der Waals surface area contributed by atoms with Crippen LogP contribution in [0.4, 0.5) is 0 Å². The molecule has 0 aromatic heterocycles. The highest BCUT2D eigenvalue weighted by molar-refractivity contribution is 8.01. The number of nitrogens with zero attached hydrogens (tertiary/aromatic N) is 1. The number of β-lactam (4-membered cyclic amide) rings is 1. The normalized spacial score (nSPS) is 37.4. The van der Waals surface area contributed by atoms with Crippen molar-refractivity contribution in [3.63, 3.8) is 0 Å². The fraction of sp³-hybridized carbons (Fsp3) is 0.778. The van der Waals surface area contributed by atoms with E-state index in [1.54, 1.807) is 0 Å². The minimum absolute atomic E-state index is 0.0430. The van der Waals surface area contributed by atoms with Crippen molar-refractivity contribution in [3.8, 4) is 0 Å². The zero-order chi connectivity index (χ0) is 11.4. The van der Waals surface area contributed by atoms with Crippen molar-refractivity contribution in [2.75, 3.05) is 6.54 Å². The van der Waals surface area contributed by atoms with Crippen molar-refractivity contribution < 1.29 is 14.7 Å². The molecule has 3 N–H and O–H groups in total. The third-order valence-electron chi connectivity index (χ3n) is 3.04. The Morgan fingerprint density at radius 3 is 2.73 bits per heavy atom. The van der Waals surface area contributed by atoms with Crippen molar-refractivity contribution in [2.24, 2.45) is 11.7 Å². The number of carbonyl (C=O) groups is 2. The summed E-state index contributed by atoms with van der Waals surface area (Å²) in [6, 6.07) is -0.720. The molecule has 0 aromatic rings. The lowest BCUT2D eigenvalue weighted by Gasteiger charge is -2.43. The summed E-state index contributed by atoms with van der Waals surface area (Å²) < 4.78 is -0.434. The van der Waals surface area contributed by atoms with Crippen LogP contribution in [-0.2, 0) is 9.59 Å². The van der Waals surface area contributed by atoms with Gasteiger partial charge < -0.3 is 15.7 Å². The van der Waals surface area contributed by atoms with Gasteiger partial charge in [0, 0.05) is 11.3 Å². The molecule has 2 heterocycles. The van der Waals surface area contributed by atoms with Gasteiger partial charge in [-0.15, -0.1) is 11.8 Å². The molecular weight excluding hydrogens is 216 g/mol. The molecule has 84 valence electrons. The average molecular weight is 230 g/mol. The summed E-state index contributed by atoms with van der Waals surface area (Å²) in [7, 11) is 0. The molecule has 0 radical (unpaired) electrons. The van der Waals surface area contributed by atoms with E-state index >= 15 is 0 Å². The molecule has 0 aromatic carbocycles. The molecule has 2 saturated heterocycles. The lowest BCUT2D eigenvalue weighted by atomic mass is 9.92. The van der Waals surface area contributed by atoms with E-state index in [0.717, 1.165) is 0 Å². The molecule has 2 aliphatic heterocycles. The summed E-state index contributed by atoms with van der Waals surface area (Å²) in [6.07, 6.45) is 0. The van der Waals surface area contributed by atoms with Crippen LogP contribution in [0.1, 0.15) is 13.8 Å². The molecule has 0 aliphatic carbocycles. The lowest BCUT2D eigenvalue weighted by Crippen LogP contribution is -2.64. The summed E-state index contributed by atoms with van der Waals surface area (Å²) in [5.41, 5.74) is 5.48. The van der Waals surface area contributed by atoms with Gasteiger partial charge in [0.2, 0.25) is 5.91 Å². The molecule has 15 heavy (non-hydrogen) atoms. The fourth-order valence-corrected chi connectivity index (χ4v) is 4.00. The van der Waals surface area contributed by atoms with Crippen molar-refractivity contribution in [1.82, 2.24) is 4.90 Å². The maximum Gasteiger partial charge on any atom is 0.327 e. The van der Waals surface area contributed by atoms with Crippen LogP contribution >= 0.6 is 11.8 Å². The van der Waals surface area contributed by atoms with Crippen LogP contribution in [0.25, 0.3) is 0 Å². The monoisotopic (exact) mass is 230 g/mol. The highest BCUT2D eigenvalue weighted by Crippen LogP contribution is 2.52. The van der Waals surface area contributed by atoms with Crippen molar-refractivity contribution >= 4 is 23.6 Å². The predicted octanol–water partition coefficient (Wildman–Crippen LogP) is -0.292. The van der Waals surface area contributed by atoms with Crippen LogP contribution in [0.2, 0.25) is 0 Å². The van der Waals surface area contributed by atoms with Crippen molar-refractivity contribution in [3.05, 3.63) is 0 Å². The minimum atomic E-state index is -0.932. The Bertz CT molecular complexity index is 331. The lowest BCUT2D eigenvalue weighted by molar-refractivity contribution is -0.162. The maximum absolute atomic E-state index is 11.6. The molecule has 5 nitrogen and oxygen atoms in total. The van der Waals surface area contributed by atoms with Gasteiger partial charge in [-0.2, -0.15) is 0 Å². The van der Waals surface area contributed by atoms with Crippen LogP contribution in [0.5, 0.6) is 0 Å². The van der Waals surface area contributed by atoms with Crippen molar-refractivity contribution in [1.29, 1.82) is 0 Å². The number of hydrogen-bond acceptors (Lipinski definition) is 4. The third kappa shape index (κ3) is 1.28. The summed E-state index contributed by atoms with van der Waals surface area (Å²) in [6.45, 7) is 4.01. The number of carboxylic acid groups (broad SMARTS) is 1. The SMILES string of the molecule is CC1(C)S[C@@H]2[C@@H](CN)C(=O)N2[C@H]1C(=O)O. The van der Waals surface area contributed by atoms with E-state index in [-0.39, 0.29) is 17.2 Å². The number of carboxylic acids is 1. The summed E-state index contributed by atoms with van der Waals surface area (Å²) in [4.78, 5) is 24.2. The number of carbonyl (C=O) groups excluding carboxylic acids is 1. The highest BCUT2D eigenvalue weighted by atomic mass is 32.2. The molecular formula is C9H14N2O3S. The number of fused-ring (bicyclic) bond motifs is 1. The van der Waals surface area contributed by atoms with Crippen LogP contribution in [0.15, 0.2) is 0 Å². The van der Waals surface area contributed by atoms with E-state index in [4.69, 9.17) is 10.8 Å². The molecule has 3 atom stereocenters. The molecule has 0 bridgehead atoms. The highest BCUT2D eigenvalue weighted by Gasteiger charge is 2.63. The molecule has 2 aliphatic rings. The number of hydrogen-bond donors (Lipinski definition) is 2. The second-order valence-corrected chi connectivity index (χ2v) is 6.21. The molecule has 6 heteroatoms. The van der Waals surface area contributed by atoms with Gasteiger partial charge in [0.05, 0.1) is 11.3 Å². The van der Waals surface area contributed by atoms with Gasteiger partial charge in [0.1, 0.15) is 6.04 Å². The Balaban J connectivity index is 2.28. The maximum atomic E-state index is 11.6. The Morgan fingerprint density at radius 2 is 2.27 bits per heavy atom. The molecule has 1 amide bonds. The van der Waals surface area contributed by atoms with Crippen molar-refractivity contribution in [2.45, 2.75) is 30.0 Å². The summed E-state index contributed by atoms with van der Waals surface area (Å²) in [5.74, 6) is -1.24. The second-order valence-electron chi connectivity index (χ2n) is 4.44. The van der Waals surface area contributed by atoms with E-state index in [1.165, 1.54) is 16.7 Å². The van der Waals surface area contributed by atoms with Gasteiger partial charge in [-0.3, -0.25) is 4.79 Å². The van der Waals surface area contributed by atoms with E-state index < -0.39 is 16.8 Å². The first-order chi connectivity index (χ1) is 6.90. The quantitative estimate of drug-likeness (QED) is 0.637. The van der Waals surface area contributed by atoms with Crippen LogP contribution < -0.4 is 5.73 Å². The number of thioether (sulfide) groups is 1. The number of amides is 1. The third-order valence-corrected chi connectivity index (χ3v) is 4.67. The molecule has 0 spiro atoms. The Kier molecular flexibility index (Phi) is 2.24. The van der Waals surface area contributed by atoms with Crippen LogP contribution in [-0.4, -0.2) is 44.6 Å². The summed E-state index contributed by atoms with van der Waals surface area (Å²) >= 11 is 1.53. The number of nitrogens with two attached hydrogens (primary N) is 1. The molecule has 2 rings (SSSR count). The minimum Gasteiger partial charge on any atom is -0.480 e. The second kappa shape index (κ2) is 3.12. The molecule has 2 fully saturated rings. The topological polar surface area (TPSA) is 83.6 Å². The van der Waals surface area contributed by atoms with Gasteiger partial charge in [0.15, 0.2) is 0 Å². The van der Waals surface area contributed by atoms with Gasteiger partial charge in [-0.05, 0) is 13.8 Å². The fourth-order valence-electron chi connectivity index (χ4n) is 2.31. The average Bonchev–Trinajstić information content (AvgIpc) is 2.35. The van der Waals surface area contributed by atoms with Crippen LogP contribution in [0, 0.1) is 5.92 Å². The van der Waals surface area contributed by atoms with E-state index in [2.05, 4.69) is 0 Å². The zero-order valence-corrected chi connectivity index (χ0v) is 9.45. The van der Waals surface area contributed by atoms with Gasteiger partial charge in [0.25, 0.3) is 0 Å². The van der Waals surface area contributed by atoms with E-state index in [0.29, 0.717) is 6.54 Å². The molecule has 0 unspecified atom stereocenters. The molecule has 0 saturated carbocycles. The Morgan fingerprint density at radius 1 is 1.67 bits per heavy atom. The number of aliphatic carboxylic acids is 1. The Labute approximate surface area is 92.0 Å². The Hall–Kier alpha value is -0.750. The first kappa shape index (κ1) is 10.8. The van der Waals surface area contributed by atoms with E-state index in [9.17, 15) is 9.59 Å². The van der Waals surface area contributed by atoms with E-state index in [1.807, 2.05) is 13.8 Å². The predicted molar refractivity (Wildman–Crippen MR) is 56.3 cm³/mol. The standard InChI is InChI=1S/C9H14N2O3S/c1-9(2)5(8(13)14)11-6(12)4(3-10)7(11)15-9/h4-5,7H,3,10H2,1-2H3,(H,13,14)/t4-,5-,7+/m0/s1. The smallest absolute Gasteiger partial charge is 0.327 e. The first-order valence-electron chi connectivity index (χ1n) is 4.83. The first-order valence-corrected chi connectivity index (χ1v) is 5.71. The van der Waals surface area contributed by atoms with Crippen LogP contribution in [0.3, 0.4) is 0 Å². The zero-order valence-electron chi connectivity index (χ0n) is 8.64. The van der Waals surface area contributed by atoms with Gasteiger partial charge in [-0.25, -0.2) is 4.79 Å². The van der Waals surface area contributed by atoms with Gasteiger partial charge in [-0.1, -0.05) is 0 Å².